The van der Waals surface area contributed by atoms with E-state index in [1.54, 1.807) is 12.1 Å². The Labute approximate surface area is 120 Å². The molecule has 0 aliphatic carbocycles. The first-order valence-corrected chi connectivity index (χ1v) is 5.69. The van der Waals surface area contributed by atoms with E-state index in [2.05, 4.69) is 0 Å². The van der Waals surface area contributed by atoms with E-state index in [0.717, 1.165) is 0 Å². The molecule has 0 aliphatic heterocycles. The first-order valence-electron chi connectivity index (χ1n) is 5.69. The zero-order valence-corrected chi connectivity index (χ0v) is 11.1. The van der Waals surface area contributed by atoms with Gasteiger partial charge in [0.1, 0.15) is 23.3 Å². The van der Waals surface area contributed by atoms with Crippen LogP contribution in [0.1, 0.15) is 0 Å². The smallest absolute Gasteiger partial charge is 0.200 e. The van der Waals surface area contributed by atoms with Gasteiger partial charge in [0.15, 0.2) is 5.43 Å². The predicted octanol–water partition coefficient (Wildman–Crippen LogP) is 3.29. The van der Waals surface area contributed by atoms with Crippen LogP contribution in [0.3, 0.4) is 0 Å². The molecule has 3 rings (SSSR count). The van der Waals surface area contributed by atoms with Crippen molar-refractivity contribution in [2.75, 3.05) is 0 Å². The molecule has 0 fully saturated rings. The van der Waals surface area contributed by atoms with Crippen LogP contribution in [0, 0.1) is 0 Å². The molecule has 20 heavy (non-hydrogen) atoms. The highest BCUT2D eigenvalue weighted by Crippen LogP contribution is 2.23. The topological polar surface area (TPSA) is 70.7 Å². The van der Waals surface area contributed by atoms with Crippen molar-refractivity contribution < 1.29 is 14.6 Å². The molecule has 0 radical (unpaired) electrons. The molecule has 0 spiro atoms. The van der Waals surface area contributed by atoms with Gasteiger partial charge in [0.2, 0.25) is 0 Å². The fourth-order valence-electron chi connectivity index (χ4n) is 1.96. The van der Waals surface area contributed by atoms with Gasteiger partial charge in [0, 0.05) is 6.07 Å². The predicted molar refractivity (Wildman–Crippen MR) is 78.5 cm³/mol. The third-order valence-electron chi connectivity index (χ3n) is 2.94. The lowest BCUT2D eigenvalue weighted by Crippen LogP contribution is -2.04. The zero-order valence-electron chi connectivity index (χ0n) is 10.2. The Morgan fingerprint density at radius 3 is 2.25 bits per heavy atom. The lowest BCUT2D eigenvalue weighted by Gasteiger charge is -2.03. The van der Waals surface area contributed by atoms with Crippen LogP contribution < -0.4 is 5.43 Å². The van der Waals surface area contributed by atoms with Crippen LogP contribution in [0.5, 0.6) is 11.5 Å². The van der Waals surface area contributed by atoms with Crippen LogP contribution in [0.4, 0.5) is 0 Å². The number of benzene rings is 2. The van der Waals surface area contributed by atoms with Crippen molar-refractivity contribution in [3.63, 3.8) is 0 Å². The standard InChI is InChI=1S/C15H10O4.ClH/c16-10-3-1-9(2-4-10)13-8-19-14-7-11(17)5-6-12(14)15(13)18;/h1-8,16-17H;1H. The van der Waals surface area contributed by atoms with Gasteiger partial charge in [0.05, 0.1) is 10.9 Å². The first-order chi connectivity index (χ1) is 9.15. The molecule has 0 saturated heterocycles. The summed E-state index contributed by atoms with van der Waals surface area (Å²) in [7, 11) is 0. The van der Waals surface area contributed by atoms with Gasteiger partial charge in [-0.3, -0.25) is 4.79 Å². The molecule has 1 aromatic heterocycles. The highest BCUT2D eigenvalue weighted by Gasteiger charge is 2.09. The third kappa shape index (κ3) is 2.33. The average molecular weight is 291 g/mol. The van der Waals surface area contributed by atoms with Gasteiger partial charge < -0.3 is 14.6 Å². The van der Waals surface area contributed by atoms with Gasteiger partial charge in [0.25, 0.3) is 0 Å². The van der Waals surface area contributed by atoms with Crippen molar-refractivity contribution in [2.24, 2.45) is 0 Å². The van der Waals surface area contributed by atoms with Crippen LogP contribution >= 0.6 is 12.4 Å². The molecule has 0 amide bonds. The highest BCUT2D eigenvalue weighted by molar-refractivity contribution is 5.85. The Balaban J connectivity index is 0.00000147. The van der Waals surface area contributed by atoms with Gasteiger partial charge in [-0.05, 0) is 29.8 Å². The van der Waals surface area contributed by atoms with E-state index < -0.39 is 0 Å². The van der Waals surface area contributed by atoms with Crippen molar-refractivity contribution in [1.29, 1.82) is 0 Å². The van der Waals surface area contributed by atoms with Gasteiger partial charge in [-0.1, -0.05) is 12.1 Å². The highest BCUT2D eigenvalue weighted by atomic mass is 35.5. The minimum Gasteiger partial charge on any atom is -0.508 e. The van der Waals surface area contributed by atoms with Gasteiger partial charge in [-0.2, -0.15) is 0 Å². The number of phenolic OH excluding ortho intramolecular Hbond substituents is 2. The summed E-state index contributed by atoms with van der Waals surface area (Å²) in [4.78, 5) is 12.3. The molecule has 0 aliphatic rings. The lowest BCUT2D eigenvalue weighted by molar-refractivity contribution is 0.473. The SMILES string of the molecule is Cl.O=c1c(-c2ccc(O)cc2)coc2cc(O)ccc12. The molecule has 5 heteroatoms. The van der Waals surface area contributed by atoms with Crippen molar-refractivity contribution in [3.8, 4) is 22.6 Å². The van der Waals surface area contributed by atoms with Crippen molar-refractivity contribution in [3.05, 3.63) is 59.0 Å². The van der Waals surface area contributed by atoms with Crippen LogP contribution in [-0.4, -0.2) is 10.2 Å². The van der Waals surface area contributed by atoms with Crippen molar-refractivity contribution in [2.45, 2.75) is 0 Å². The number of phenols is 2. The maximum absolute atomic E-state index is 12.3. The number of hydrogen-bond acceptors (Lipinski definition) is 4. The van der Waals surface area contributed by atoms with Gasteiger partial charge in [-0.25, -0.2) is 0 Å². The molecule has 4 nitrogen and oxygen atoms in total. The number of hydrogen-bond donors (Lipinski definition) is 2. The fourth-order valence-corrected chi connectivity index (χ4v) is 1.96. The van der Waals surface area contributed by atoms with E-state index in [1.807, 2.05) is 0 Å². The summed E-state index contributed by atoms with van der Waals surface area (Å²) < 4.78 is 5.37. The van der Waals surface area contributed by atoms with E-state index in [4.69, 9.17) is 4.42 Å². The minimum absolute atomic E-state index is 0. The molecule has 102 valence electrons. The second-order valence-corrected chi connectivity index (χ2v) is 4.21. The number of aromatic hydroxyl groups is 2. The number of rotatable bonds is 1. The maximum Gasteiger partial charge on any atom is 0.200 e. The number of fused-ring (bicyclic) bond motifs is 1. The minimum atomic E-state index is -0.174. The monoisotopic (exact) mass is 290 g/mol. The zero-order chi connectivity index (χ0) is 13.4. The van der Waals surface area contributed by atoms with Gasteiger partial charge in [-0.15, -0.1) is 12.4 Å². The van der Waals surface area contributed by atoms with E-state index in [1.165, 1.54) is 36.6 Å². The van der Waals surface area contributed by atoms with Crippen molar-refractivity contribution in [1.82, 2.24) is 0 Å². The Morgan fingerprint density at radius 1 is 0.900 bits per heavy atom. The van der Waals surface area contributed by atoms with E-state index in [9.17, 15) is 15.0 Å². The van der Waals surface area contributed by atoms with Crippen LogP contribution in [0.15, 0.2) is 57.9 Å². The average Bonchev–Trinajstić information content (AvgIpc) is 2.40. The largest absolute Gasteiger partial charge is 0.508 e. The van der Waals surface area contributed by atoms with Crippen LogP contribution in [0.2, 0.25) is 0 Å². The molecule has 1 heterocycles. The first kappa shape index (κ1) is 14.0. The summed E-state index contributed by atoms with van der Waals surface area (Å²) in [6, 6.07) is 10.7. The van der Waals surface area contributed by atoms with Gasteiger partial charge >= 0.3 is 0 Å². The fraction of sp³-hybridized carbons (Fsp3) is 0. The summed E-state index contributed by atoms with van der Waals surface area (Å²) >= 11 is 0. The second kappa shape index (κ2) is 5.27. The van der Waals surface area contributed by atoms with E-state index in [0.29, 0.717) is 22.1 Å². The van der Waals surface area contributed by atoms with E-state index >= 15 is 0 Å². The quantitative estimate of drug-likeness (QED) is 0.721. The molecule has 0 unspecified atom stereocenters. The summed E-state index contributed by atoms with van der Waals surface area (Å²) in [6.07, 6.45) is 1.36. The Bertz CT molecular complexity index is 806. The Kier molecular flexibility index (Phi) is 3.68. The van der Waals surface area contributed by atoms with Crippen LogP contribution in [-0.2, 0) is 0 Å². The summed E-state index contributed by atoms with van der Waals surface area (Å²) in [6.45, 7) is 0. The second-order valence-electron chi connectivity index (χ2n) is 4.21. The molecule has 0 saturated carbocycles. The summed E-state index contributed by atoms with van der Waals surface area (Å²) in [5.74, 6) is 0.187. The normalized spacial score (nSPS) is 10.2. The van der Waals surface area contributed by atoms with Crippen LogP contribution in [0.25, 0.3) is 22.1 Å². The summed E-state index contributed by atoms with van der Waals surface area (Å²) in [5, 5.41) is 19.0. The Hall–Kier alpha value is -2.46. The Morgan fingerprint density at radius 2 is 1.55 bits per heavy atom. The van der Waals surface area contributed by atoms with E-state index in [-0.39, 0.29) is 29.3 Å². The molecule has 0 bridgehead atoms. The molecular formula is C15H11ClO4. The summed E-state index contributed by atoms with van der Waals surface area (Å²) in [5.41, 5.74) is 1.25. The maximum atomic E-state index is 12.3. The van der Waals surface area contributed by atoms with Crippen molar-refractivity contribution >= 4 is 23.4 Å². The third-order valence-corrected chi connectivity index (χ3v) is 2.94. The molecule has 0 atom stereocenters. The molecule has 3 aromatic rings. The molecule has 2 N–H and O–H groups in total. The molecule has 2 aromatic carbocycles. The molecular weight excluding hydrogens is 280 g/mol. The lowest BCUT2D eigenvalue weighted by atomic mass is 10.1. The number of halogens is 1.